The molecule has 1 fully saturated rings. The number of nitrogens with one attached hydrogen (secondary N) is 2. The predicted octanol–water partition coefficient (Wildman–Crippen LogP) is 3.36. The summed E-state index contributed by atoms with van der Waals surface area (Å²) >= 11 is 1.62. The van der Waals surface area contributed by atoms with Crippen LogP contribution in [0, 0.1) is 11.3 Å². The van der Waals surface area contributed by atoms with Gasteiger partial charge in [-0.05, 0) is 24.3 Å². The molecule has 25 heavy (non-hydrogen) atoms. The summed E-state index contributed by atoms with van der Waals surface area (Å²) in [6.07, 6.45) is 1.38. The van der Waals surface area contributed by atoms with Gasteiger partial charge in [0.1, 0.15) is 0 Å². The Morgan fingerprint density at radius 1 is 1.32 bits per heavy atom. The number of carbonyl (C=O) groups is 2. The summed E-state index contributed by atoms with van der Waals surface area (Å²) in [6, 6.07) is 5.83. The number of hydrogen-bond acceptors (Lipinski definition) is 4. The fourth-order valence-corrected chi connectivity index (χ4v) is 3.68. The Labute approximate surface area is 151 Å². The van der Waals surface area contributed by atoms with E-state index >= 15 is 0 Å². The summed E-state index contributed by atoms with van der Waals surface area (Å²) < 4.78 is 0. The van der Waals surface area contributed by atoms with Crippen molar-refractivity contribution in [2.75, 3.05) is 18.4 Å². The zero-order valence-electron chi connectivity index (χ0n) is 14.8. The molecule has 7 heteroatoms. The van der Waals surface area contributed by atoms with E-state index < -0.39 is 0 Å². The third-order valence-electron chi connectivity index (χ3n) is 4.41. The molecule has 0 spiro atoms. The number of carbonyl (C=O) groups excluding carboxylic acids is 2. The lowest BCUT2D eigenvalue weighted by molar-refractivity contribution is -0.142. The molecule has 2 aromatic heterocycles. The molecule has 0 radical (unpaired) electrons. The molecule has 6 nitrogen and oxygen atoms in total. The minimum atomic E-state index is -0.373. The molecule has 2 N–H and O–H groups in total. The average molecular weight is 360 g/mol. The summed E-state index contributed by atoms with van der Waals surface area (Å²) in [4.78, 5) is 27.7. The van der Waals surface area contributed by atoms with E-state index in [-0.39, 0.29) is 23.1 Å². The number of rotatable bonds is 3. The van der Waals surface area contributed by atoms with Crippen LogP contribution in [0.4, 0.5) is 5.82 Å². The van der Waals surface area contributed by atoms with Gasteiger partial charge in [-0.1, -0.05) is 26.8 Å². The van der Waals surface area contributed by atoms with Crippen LogP contribution in [0.25, 0.3) is 10.6 Å². The summed E-state index contributed by atoms with van der Waals surface area (Å²) in [5, 5.41) is 12.0. The Morgan fingerprint density at radius 2 is 2.04 bits per heavy atom. The normalized spacial score (nSPS) is 16.0. The van der Waals surface area contributed by atoms with E-state index in [0.717, 1.165) is 10.6 Å². The minimum Gasteiger partial charge on any atom is -0.342 e. The first-order valence-corrected chi connectivity index (χ1v) is 9.42. The number of piperidine rings is 1. The smallest absolute Gasteiger partial charge is 0.228 e. The first-order chi connectivity index (χ1) is 11.8. The number of anilines is 1. The number of likely N-dealkylation sites (tertiary alicyclic amines) is 1. The molecule has 0 aliphatic carbocycles. The van der Waals surface area contributed by atoms with Crippen LogP contribution >= 0.6 is 11.3 Å². The van der Waals surface area contributed by atoms with Gasteiger partial charge >= 0.3 is 0 Å². The SMILES string of the molecule is CC(C)(C)C(=O)N1CCC(C(=O)Nc2cc(-c3cccs3)[nH]n2)CC1. The van der Waals surface area contributed by atoms with E-state index in [0.29, 0.717) is 31.7 Å². The largest absolute Gasteiger partial charge is 0.342 e. The second kappa shape index (κ2) is 7.00. The highest BCUT2D eigenvalue weighted by Gasteiger charge is 2.32. The van der Waals surface area contributed by atoms with Crippen molar-refractivity contribution in [3.05, 3.63) is 23.6 Å². The molecular weight excluding hydrogens is 336 g/mol. The van der Waals surface area contributed by atoms with Gasteiger partial charge in [0.15, 0.2) is 5.82 Å². The zero-order chi connectivity index (χ0) is 18.0. The molecule has 1 saturated heterocycles. The Hall–Kier alpha value is -2.15. The Balaban J connectivity index is 1.54. The number of H-pyrrole nitrogens is 1. The number of amides is 2. The van der Waals surface area contributed by atoms with Crippen molar-refractivity contribution >= 4 is 29.0 Å². The molecule has 1 aliphatic heterocycles. The number of thiophene rings is 1. The van der Waals surface area contributed by atoms with Crippen molar-refractivity contribution in [1.29, 1.82) is 0 Å². The minimum absolute atomic E-state index is 0.0212. The molecule has 3 heterocycles. The van der Waals surface area contributed by atoms with Crippen LogP contribution < -0.4 is 5.32 Å². The molecule has 2 aromatic rings. The molecular formula is C18H24N4O2S. The second-order valence-corrected chi connectivity index (χ2v) is 8.40. The number of aromatic amines is 1. The molecule has 1 aliphatic rings. The Morgan fingerprint density at radius 3 is 2.64 bits per heavy atom. The lowest BCUT2D eigenvalue weighted by Crippen LogP contribution is -2.45. The van der Waals surface area contributed by atoms with Crippen LogP contribution in [0.2, 0.25) is 0 Å². The second-order valence-electron chi connectivity index (χ2n) is 7.45. The maximum atomic E-state index is 12.5. The van der Waals surface area contributed by atoms with Gasteiger partial charge in [0, 0.05) is 30.5 Å². The van der Waals surface area contributed by atoms with Crippen LogP contribution in [-0.2, 0) is 9.59 Å². The van der Waals surface area contributed by atoms with Crippen molar-refractivity contribution in [2.24, 2.45) is 11.3 Å². The fraction of sp³-hybridized carbons (Fsp3) is 0.500. The summed E-state index contributed by atoms with van der Waals surface area (Å²) in [7, 11) is 0. The zero-order valence-corrected chi connectivity index (χ0v) is 15.7. The van der Waals surface area contributed by atoms with E-state index in [9.17, 15) is 9.59 Å². The topological polar surface area (TPSA) is 78.1 Å². The van der Waals surface area contributed by atoms with E-state index in [4.69, 9.17) is 0 Å². The standard InChI is InChI=1S/C18H24N4O2S/c1-18(2,3)17(24)22-8-6-12(7-9-22)16(23)19-15-11-13(20-21-15)14-5-4-10-25-14/h4-5,10-12H,6-9H2,1-3H3,(H2,19,20,21,23). The number of nitrogens with zero attached hydrogens (tertiary/aromatic N) is 2. The molecule has 2 amide bonds. The monoisotopic (exact) mass is 360 g/mol. The molecule has 0 atom stereocenters. The van der Waals surface area contributed by atoms with Crippen LogP contribution in [0.1, 0.15) is 33.6 Å². The molecule has 0 bridgehead atoms. The Kier molecular flexibility index (Phi) is 4.94. The van der Waals surface area contributed by atoms with E-state index in [1.807, 2.05) is 49.3 Å². The molecule has 134 valence electrons. The third kappa shape index (κ3) is 4.10. The van der Waals surface area contributed by atoms with Crippen molar-refractivity contribution < 1.29 is 9.59 Å². The first kappa shape index (κ1) is 17.7. The van der Waals surface area contributed by atoms with Crippen LogP contribution in [0.3, 0.4) is 0 Å². The van der Waals surface area contributed by atoms with Gasteiger partial charge in [-0.2, -0.15) is 5.10 Å². The summed E-state index contributed by atoms with van der Waals surface area (Å²) in [5.74, 6) is 0.596. The van der Waals surface area contributed by atoms with E-state index in [2.05, 4.69) is 15.5 Å². The summed E-state index contributed by atoms with van der Waals surface area (Å²) in [5.41, 5.74) is 0.526. The van der Waals surface area contributed by atoms with Crippen molar-refractivity contribution in [2.45, 2.75) is 33.6 Å². The van der Waals surface area contributed by atoms with Gasteiger partial charge < -0.3 is 10.2 Å². The molecule has 0 unspecified atom stereocenters. The highest BCUT2D eigenvalue weighted by molar-refractivity contribution is 7.13. The van der Waals surface area contributed by atoms with Gasteiger partial charge in [0.25, 0.3) is 0 Å². The van der Waals surface area contributed by atoms with E-state index in [1.54, 1.807) is 11.3 Å². The summed E-state index contributed by atoms with van der Waals surface area (Å²) in [6.45, 7) is 7.05. The highest BCUT2D eigenvalue weighted by atomic mass is 32.1. The maximum Gasteiger partial charge on any atom is 0.228 e. The first-order valence-electron chi connectivity index (χ1n) is 8.54. The van der Waals surface area contributed by atoms with Crippen molar-refractivity contribution in [3.63, 3.8) is 0 Å². The van der Waals surface area contributed by atoms with Crippen LogP contribution in [-0.4, -0.2) is 40.0 Å². The van der Waals surface area contributed by atoms with Gasteiger partial charge in [0.2, 0.25) is 11.8 Å². The predicted molar refractivity (Wildman–Crippen MR) is 99.3 cm³/mol. The van der Waals surface area contributed by atoms with E-state index in [1.165, 1.54) is 0 Å². The van der Waals surface area contributed by atoms with Crippen LogP contribution in [0.15, 0.2) is 23.6 Å². The van der Waals surface area contributed by atoms with Gasteiger partial charge in [0.05, 0.1) is 10.6 Å². The molecule has 3 rings (SSSR count). The maximum absolute atomic E-state index is 12.5. The lowest BCUT2D eigenvalue weighted by Gasteiger charge is -2.35. The quantitative estimate of drug-likeness (QED) is 0.881. The van der Waals surface area contributed by atoms with Gasteiger partial charge in [-0.15, -0.1) is 11.3 Å². The average Bonchev–Trinajstić information content (AvgIpc) is 3.24. The Bertz CT molecular complexity index is 737. The van der Waals surface area contributed by atoms with Crippen molar-refractivity contribution in [1.82, 2.24) is 15.1 Å². The van der Waals surface area contributed by atoms with Gasteiger partial charge in [-0.3, -0.25) is 14.7 Å². The third-order valence-corrected chi connectivity index (χ3v) is 5.31. The highest BCUT2D eigenvalue weighted by Crippen LogP contribution is 2.26. The molecule has 0 aromatic carbocycles. The van der Waals surface area contributed by atoms with Gasteiger partial charge in [-0.25, -0.2) is 0 Å². The fourth-order valence-electron chi connectivity index (χ4n) is 2.99. The molecule has 0 saturated carbocycles. The van der Waals surface area contributed by atoms with Crippen molar-refractivity contribution in [3.8, 4) is 10.6 Å². The lowest BCUT2D eigenvalue weighted by atomic mass is 9.91. The number of hydrogen-bond donors (Lipinski definition) is 2. The number of aromatic nitrogens is 2. The van der Waals surface area contributed by atoms with Crippen LogP contribution in [0.5, 0.6) is 0 Å².